The molecule has 2 aliphatic heterocycles. The summed E-state index contributed by atoms with van der Waals surface area (Å²) in [5.41, 5.74) is 1.16. The highest BCUT2D eigenvalue weighted by Gasteiger charge is 2.54. The number of hydrogen-bond acceptors (Lipinski definition) is 8. The lowest BCUT2D eigenvalue weighted by Crippen LogP contribution is -2.63. The van der Waals surface area contributed by atoms with Gasteiger partial charge in [0.1, 0.15) is 29.3 Å². The number of thioether (sulfide) groups is 1. The summed E-state index contributed by atoms with van der Waals surface area (Å²) in [6, 6.07) is 26.8. The van der Waals surface area contributed by atoms with Crippen LogP contribution in [0.2, 0.25) is 0 Å². The molecule has 0 N–H and O–H groups in total. The number of benzene rings is 4. The maximum absolute atomic E-state index is 13.6. The van der Waals surface area contributed by atoms with Crippen LogP contribution in [0.25, 0.3) is 0 Å². The standard InChI is InChI=1S/C34H28F2O7S/c1-20-7-17-26(18-8-20)44-34-30(42-32(38)22-11-15-25(36)16-12-22)29(41-31(37)21-9-13-24(35)14-10-21)28-27(40-34)19-39-33(43-28)23-5-3-2-4-6-23/h2-18,27-30,33-34H,19H2,1H3/t27-,28+,29+,30-,33+,34+/m1/s1. The fourth-order valence-electron chi connectivity index (χ4n) is 4.99. The maximum Gasteiger partial charge on any atom is 0.338 e. The van der Waals surface area contributed by atoms with Crippen LogP contribution in [0.15, 0.2) is 108 Å². The van der Waals surface area contributed by atoms with Gasteiger partial charge in [-0.2, -0.15) is 0 Å². The minimum atomic E-state index is -1.17. The summed E-state index contributed by atoms with van der Waals surface area (Å²) in [7, 11) is 0. The molecule has 6 rings (SSSR count). The number of rotatable bonds is 7. The van der Waals surface area contributed by atoms with Gasteiger partial charge in [-0.25, -0.2) is 18.4 Å². The molecular weight excluding hydrogens is 590 g/mol. The van der Waals surface area contributed by atoms with E-state index in [4.69, 9.17) is 23.7 Å². The Hall–Kier alpha value is -4.09. The first-order valence-corrected chi connectivity index (χ1v) is 14.9. The van der Waals surface area contributed by atoms with Crippen LogP contribution in [0, 0.1) is 18.6 Å². The normalized spacial score (nSPS) is 24.6. The van der Waals surface area contributed by atoms with Crippen LogP contribution in [0.5, 0.6) is 0 Å². The van der Waals surface area contributed by atoms with Gasteiger partial charge in [-0.1, -0.05) is 59.8 Å². The van der Waals surface area contributed by atoms with Crippen molar-refractivity contribution in [1.82, 2.24) is 0 Å². The van der Waals surface area contributed by atoms with Crippen molar-refractivity contribution in [2.45, 2.75) is 48.0 Å². The van der Waals surface area contributed by atoms with E-state index in [0.29, 0.717) is 0 Å². The zero-order valence-corrected chi connectivity index (χ0v) is 24.3. The smallest absolute Gasteiger partial charge is 0.338 e. The Morgan fingerprint density at radius 1 is 0.727 bits per heavy atom. The van der Waals surface area contributed by atoms with Gasteiger partial charge in [0.25, 0.3) is 0 Å². The molecule has 0 unspecified atom stereocenters. The molecule has 6 atom stereocenters. The van der Waals surface area contributed by atoms with E-state index in [0.717, 1.165) is 40.3 Å². The Kier molecular flexibility index (Phi) is 9.04. The van der Waals surface area contributed by atoms with Crippen molar-refractivity contribution in [2.24, 2.45) is 0 Å². The predicted octanol–water partition coefficient (Wildman–Crippen LogP) is 6.66. The largest absolute Gasteiger partial charge is 0.452 e. The molecule has 0 saturated carbocycles. The molecule has 2 saturated heterocycles. The molecule has 44 heavy (non-hydrogen) atoms. The molecule has 2 aliphatic rings. The number of carbonyl (C=O) groups is 2. The fraction of sp³-hybridized carbons (Fsp3) is 0.235. The number of esters is 2. The highest BCUT2D eigenvalue weighted by Crippen LogP contribution is 2.41. The number of aryl methyl sites for hydroxylation is 1. The summed E-state index contributed by atoms with van der Waals surface area (Å²) in [4.78, 5) is 27.6. The first-order chi connectivity index (χ1) is 21.3. The SMILES string of the molecule is Cc1ccc(S[C@@H]2O[C@@H]3CO[C@H](c4ccccc4)O[C@@H]3[C@H](OC(=O)c3ccc(F)cc3)[C@H]2OC(=O)c2ccc(F)cc2)cc1. The topological polar surface area (TPSA) is 80.3 Å². The van der Waals surface area contributed by atoms with E-state index in [9.17, 15) is 18.4 Å². The molecule has 4 aromatic rings. The minimum Gasteiger partial charge on any atom is -0.452 e. The van der Waals surface area contributed by atoms with Crippen LogP contribution in [-0.4, -0.2) is 48.4 Å². The van der Waals surface area contributed by atoms with Crippen LogP contribution < -0.4 is 0 Å². The molecular formula is C34H28F2O7S. The van der Waals surface area contributed by atoms with Crippen molar-refractivity contribution >= 4 is 23.7 Å². The summed E-state index contributed by atoms with van der Waals surface area (Å²) in [6.45, 7) is 2.08. The molecule has 0 bridgehead atoms. The number of hydrogen-bond donors (Lipinski definition) is 0. The van der Waals surface area contributed by atoms with Crippen molar-refractivity contribution < 1.29 is 42.1 Å². The van der Waals surface area contributed by atoms with E-state index < -0.39 is 59.7 Å². The fourth-order valence-corrected chi connectivity index (χ4v) is 6.09. The molecule has 0 amide bonds. The molecule has 0 spiro atoms. The summed E-state index contributed by atoms with van der Waals surface area (Å²) in [6.07, 6.45) is -4.72. The van der Waals surface area contributed by atoms with Crippen LogP contribution in [0.4, 0.5) is 8.78 Å². The lowest BCUT2D eigenvalue weighted by molar-refractivity contribution is -0.317. The Morgan fingerprint density at radius 2 is 1.30 bits per heavy atom. The zero-order chi connectivity index (χ0) is 30.6. The monoisotopic (exact) mass is 618 g/mol. The quantitative estimate of drug-likeness (QED) is 0.213. The summed E-state index contributed by atoms with van der Waals surface area (Å²) in [5, 5.41) is 0. The van der Waals surface area contributed by atoms with Gasteiger partial charge >= 0.3 is 11.9 Å². The van der Waals surface area contributed by atoms with Gasteiger partial charge in [0, 0.05) is 10.5 Å². The van der Waals surface area contributed by atoms with Gasteiger partial charge in [-0.3, -0.25) is 0 Å². The molecule has 10 heteroatoms. The number of fused-ring (bicyclic) bond motifs is 1. The zero-order valence-electron chi connectivity index (χ0n) is 23.5. The molecule has 226 valence electrons. The molecule has 2 fully saturated rings. The molecule has 7 nitrogen and oxygen atoms in total. The average molecular weight is 619 g/mol. The lowest BCUT2D eigenvalue weighted by atomic mass is 9.98. The van der Waals surface area contributed by atoms with Crippen LogP contribution >= 0.6 is 11.8 Å². The van der Waals surface area contributed by atoms with Crippen molar-refractivity contribution in [1.29, 1.82) is 0 Å². The molecule has 0 radical (unpaired) electrons. The van der Waals surface area contributed by atoms with Crippen molar-refractivity contribution in [3.63, 3.8) is 0 Å². The Bertz CT molecular complexity index is 1580. The molecule has 0 aliphatic carbocycles. The van der Waals surface area contributed by atoms with Crippen molar-refractivity contribution in [2.75, 3.05) is 6.61 Å². The van der Waals surface area contributed by atoms with E-state index in [1.54, 1.807) is 0 Å². The number of halogens is 2. The first-order valence-electron chi connectivity index (χ1n) is 14.0. The highest BCUT2D eigenvalue weighted by molar-refractivity contribution is 7.99. The number of ether oxygens (including phenoxy) is 5. The van der Waals surface area contributed by atoms with Crippen molar-refractivity contribution in [3.05, 3.63) is 137 Å². The maximum atomic E-state index is 13.6. The van der Waals surface area contributed by atoms with Crippen LogP contribution in [-0.2, 0) is 23.7 Å². The van der Waals surface area contributed by atoms with E-state index in [2.05, 4.69) is 0 Å². The molecule has 2 heterocycles. The predicted molar refractivity (Wildman–Crippen MR) is 157 cm³/mol. The van der Waals surface area contributed by atoms with Gasteiger partial charge in [-0.15, -0.1) is 0 Å². The van der Waals surface area contributed by atoms with Crippen LogP contribution in [0.3, 0.4) is 0 Å². The third-order valence-electron chi connectivity index (χ3n) is 7.27. The molecule has 4 aromatic carbocycles. The Balaban J connectivity index is 1.36. The number of carbonyl (C=O) groups excluding carboxylic acids is 2. The Morgan fingerprint density at radius 3 is 1.89 bits per heavy atom. The van der Waals surface area contributed by atoms with Gasteiger partial charge in [-0.05, 0) is 67.6 Å². The first kappa shape index (κ1) is 30.0. The minimum absolute atomic E-state index is 0.103. The van der Waals surface area contributed by atoms with E-state index in [-0.39, 0.29) is 17.7 Å². The summed E-state index contributed by atoms with van der Waals surface area (Å²) < 4.78 is 58.1. The van der Waals surface area contributed by atoms with E-state index in [1.807, 2.05) is 61.5 Å². The Labute approximate surface area is 257 Å². The third kappa shape index (κ3) is 6.84. The van der Waals surface area contributed by atoms with Crippen LogP contribution in [0.1, 0.15) is 38.1 Å². The lowest BCUT2D eigenvalue weighted by Gasteiger charge is -2.48. The molecule has 0 aromatic heterocycles. The second-order valence-electron chi connectivity index (χ2n) is 10.4. The van der Waals surface area contributed by atoms with Gasteiger partial charge in [0.2, 0.25) is 0 Å². The third-order valence-corrected chi connectivity index (χ3v) is 8.43. The second-order valence-corrected chi connectivity index (χ2v) is 11.6. The van der Waals surface area contributed by atoms with Gasteiger partial charge in [0.15, 0.2) is 18.5 Å². The average Bonchev–Trinajstić information content (AvgIpc) is 3.04. The van der Waals surface area contributed by atoms with E-state index >= 15 is 0 Å². The summed E-state index contributed by atoms with van der Waals surface area (Å²) >= 11 is 1.29. The van der Waals surface area contributed by atoms with Gasteiger partial charge < -0.3 is 23.7 Å². The van der Waals surface area contributed by atoms with Crippen molar-refractivity contribution in [3.8, 4) is 0 Å². The summed E-state index contributed by atoms with van der Waals surface area (Å²) in [5.74, 6) is -2.54. The van der Waals surface area contributed by atoms with Gasteiger partial charge in [0.05, 0.1) is 17.7 Å². The second kappa shape index (κ2) is 13.3. The highest BCUT2D eigenvalue weighted by atomic mass is 32.2. The van der Waals surface area contributed by atoms with E-state index in [1.165, 1.54) is 36.0 Å².